The number of hydrogen-bond acceptors (Lipinski definition) is 4. The normalized spacial score (nSPS) is 12.6. The Kier molecular flexibility index (Phi) is 7.33. The van der Waals surface area contributed by atoms with Crippen molar-refractivity contribution >= 4 is 17.3 Å². The third-order valence-corrected chi connectivity index (χ3v) is 5.20. The van der Waals surface area contributed by atoms with Gasteiger partial charge in [0.15, 0.2) is 17.5 Å². The van der Waals surface area contributed by atoms with Crippen LogP contribution in [0.2, 0.25) is 0 Å². The smallest absolute Gasteiger partial charge is 0.193 e. The van der Waals surface area contributed by atoms with Crippen LogP contribution in [0.3, 0.4) is 0 Å². The Morgan fingerprint density at radius 2 is 1.96 bits per heavy atom. The minimum Gasteiger partial charge on any atom is -0.493 e. The van der Waals surface area contributed by atoms with E-state index in [1.165, 1.54) is 11.1 Å². The van der Waals surface area contributed by atoms with Gasteiger partial charge in [-0.05, 0) is 58.5 Å². The van der Waals surface area contributed by atoms with Crippen LogP contribution in [0.25, 0.3) is 0 Å². The van der Waals surface area contributed by atoms with Gasteiger partial charge in [0.1, 0.15) is 0 Å². The summed E-state index contributed by atoms with van der Waals surface area (Å²) in [7, 11) is 7.17. The average molecular weight is 376 g/mol. The van der Waals surface area contributed by atoms with E-state index in [-0.39, 0.29) is 0 Å². The molecule has 0 radical (unpaired) electrons. The molecule has 0 aliphatic heterocycles. The van der Waals surface area contributed by atoms with Gasteiger partial charge < -0.3 is 19.7 Å². The van der Waals surface area contributed by atoms with E-state index in [0.29, 0.717) is 5.92 Å². The quantitative estimate of drug-likeness (QED) is 0.589. The summed E-state index contributed by atoms with van der Waals surface area (Å²) >= 11 is 1.73. The van der Waals surface area contributed by atoms with Crippen molar-refractivity contribution in [3.63, 3.8) is 0 Å². The van der Waals surface area contributed by atoms with E-state index in [1.807, 2.05) is 26.2 Å². The maximum atomic E-state index is 5.43. The molecule has 1 N–H and O–H groups in total. The largest absolute Gasteiger partial charge is 0.493 e. The molecular weight excluding hydrogens is 346 g/mol. The van der Waals surface area contributed by atoms with Crippen molar-refractivity contribution < 1.29 is 9.47 Å². The molecule has 0 fully saturated rings. The Balaban J connectivity index is 2.04. The van der Waals surface area contributed by atoms with Crippen molar-refractivity contribution in [2.24, 2.45) is 4.99 Å². The molecule has 6 heteroatoms. The van der Waals surface area contributed by atoms with Crippen LogP contribution in [0.4, 0.5) is 0 Å². The number of nitrogens with zero attached hydrogens (tertiary/aromatic N) is 2. The van der Waals surface area contributed by atoms with Crippen molar-refractivity contribution in [1.29, 1.82) is 0 Å². The van der Waals surface area contributed by atoms with E-state index in [0.717, 1.165) is 36.1 Å². The van der Waals surface area contributed by atoms with Crippen LogP contribution in [0.1, 0.15) is 29.5 Å². The molecule has 26 heavy (non-hydrogen) atoms. The lowest BCUT2D eigenvalue weighted by Crippen LogP contribution is -2.40. The first-order chi connectivity index (χ1) is 12.5. The van der Waals surface area contributed by atoms with Crippen LogP contribution >= 0.6 is 11.3 Å². The second-order valence-electron chi connectivity index (χ2n) is 6.38. The lowest BCUT2D eigenvalue weighted by atomic mass is 10.1. The van der Waals surface area contributed by atoms with Gasteiger partial charge in [0.05, 0.1) is 14.2 Å². The van der Waals surface area contributed by atoms with E-state index >= 15 is 0 Å². The Morgan fingerprint density at radius 1 is 1.27 bits per heavy atom. The highest BCUT2D eigenvalue weighted by Gasteiger charge is 2.14. The molecule has 1 aromatic carbocycles. The molecule has 5 nitrogen and oxygen atoms in total. The van der Waals surface area contributed by atoms with E-state index in [4.69, 9.17) is 9.47 Å². The summed E-state index contributed by atoms with van der Waals surface area (Å²) in [6.45, 7) is 5.89. The zero-order valence-electron chi connectivity index (χ0n) is 16.5. The van der Waals surface area contributed by atoms with E-state index in [2.05, 4.69) is 45.9 Å². The summed E-state index contributed by atoms with van der Waals surface area (Å²) in [6, 6.07) is 6.22. The van der Waals surface area contributed by atoms with Crippen LogP contribution in [0, 0.1) is 6.92 Å². The number of methoxy groups -OCH3 is 2. The fraction of sp³-hybridized carbons (Fsp3) is 0.450. The minimum atomic E-state index is 0.439. The fourth-order valence-electron chi connectivity index (χ4n) is 2.83. The fourth-order valence-corrected chi connectivity index (χ4v) is 3.61. The Bertz CT molecular complexity index is 729. The predicted octanol–water partition coefficient (Wildman–Crippen LogP) is 3.88. The molecule has 1 unspecified atom stereocenters. The zero-order valence-corrected chi connectivity index (χ0v) is 17.3. The van der Waals surface area contributed by atoms with Gasteiger partial charge in [-0.25, -0.2) is 0 Å². The van der Waals surface area contributed by atoms with Crippen LogP contribution in [-0.2, 0) is 6.54 Å². The minimum absolute atomic E-state index is 0.439. The lowest BCUT2D eigenvalue weighted by Gasteiger charge is -2.24. The topological polar surface area (TPSA) is 46.1 Å². The summed E-state index contributed by atoms with van der Waals surface area (Å²) in [5.74, 6) is 2.81. The van der Waals surface area contributed by atoms with Crippen molar-refractivity contribution in [3.8, 4) is 11.5 Å². The number of ether oxygens (including phenoxy) is 2. The molecule has 0 aliphatic carbocycles. The first-order valence-corrected chi connectivity index (χ1v) is 9.59. The molecule has 0 spiro atoms. The Morgan fingerprint density at radius 3 is 2.54 bits per heavy atom. The SMILES string of the molecule is CN=C(NCC(C)c1ccsc1)N(C)Cc1cc(OC)c(OC)cc1C. The molecule has 1 heterocycles. The standard InChI is InChI=1S/C20H29N3O2S/c1-14-9-18(24-5)19(25-6)10-17(14)12-23(4)20(21-3)22-11-15(2)16-7-8-26-13-16/h7-10,13,15H,11-12H2,1-6H3,(H,21,22). The van der Waals surface area contributed by atoms with Crippen molar-refractivity contribution in [2.45, 2.75) is 26.3 Å². The van der Waals surface area contributed by atoms with Gasteiger partial charge in [-0.15, -0.1) is 0 Å². The predicted molar refractivity (Wildman–Crippen MR) is 110 cm³/mol. The third-order valence-electron chi connectivity index (χ3n) is 4.50. The first kappa shape index (κ1) is 20.1. The number of nitrogens with one attached hydrogen (secondary N) is 1. The number of benzene rings is 1. The highest BCUT2D eigenvalue weighted by Crippen LogP contribution is 2.30. The van der Waals surface area contributed by atoms with Crippen molar-refractivity contribution in [2.75, 3.05) is 34.9 Å². The summed E-state index contributed by atoms with van der Waals surface area (Å²) < 4.78 is 10.8. The average Bonchev–Trinajstić information content (AvgIpc) is 3.18. The van der Waals surface area contributed by atoms with E-state index < -0.39 is 0 Å². The molecule has 0 bridgehead atoms. The molecule has 0 saturated heterocycles. The maximum Gasteiger partial charge on any atom is 0.193 e. The molecule has 2 aromatic rings. The van der Waals surface area contributed by atoms with Gasteiger partial charge in [0.25, 0.3) is 0 Å². The van der Waals surface area contributed by atoms with Crippen molar-refractivity contribution in [1.82, 2.24) is 10.2 Å². The highest BCUT2D eigenvalue weighted by atomic mass is 32.1. The molecule has 1 aromatic heterocycles. The summed E-state index contributed by atoms with van der Waals surface area (Å²) in [4.78, 5) is 6.54. The molecule has 2 rings (SSSR count). The number of aliphatic imine (C=N–C) groups is 1. The highest BCUT2D eigenvalue weighted by molar-refractivity contribution is 7.07. The van der Waals surface area contributed by atoms with Crippen LogP contribution in [-0.4, -0.2) is 45.7 Å². The molecule has 0 amide bonds. The van der Waals surface area contributed by atoms with Crippen LogP contribution < -0.4 is 14.8 Å². The maximum absolute atomic E-state index is 5.43. The monoisotopic (exact) mass is 375 g/mol. The number of thiophene rings is 1. The molecule has 142 valence electrons. The molecular formula is C20H29N3O2S. The summed E-state index contributed by atoms with van der Waals surface area (Å²) in [6.07, 6.45) is 0. The molecule has 0 aliphatic rings. The Labute approximate surface area is 160 Å². The zero-order chi connectivity index (χ0) is 19.1. The number of rotatable bonds is 7. The number of aryl methyl sites for hydroxylation is 1. The van der Waals surface area contributed by atoms with Gasteiger partial charge in [-0.2, -0.15) is 11.3 Å². The van der Waals surface area contributed by atoms with Crippen LogP contribution in [0.5, 0.6) is 11.5 Å². The van der Waals surface area contributed by atoms with Gasteiger partial charge in [-0.3, -0.25) is 4.99 Å². The van der Waals surface area contributed by atoms with Gasteiger partial charge in [0.2, 0.25) is 0 Å². The van der Waals surface area contributed by atoms with E-state index in [1.54, 1.807) is 25.6 Å². The van der Waals surface area contributed by atoms with E-state index in [9.17, 15) is 0 Å². The molecule has 1 atom stereocenters. The second-order valence-corrected chi connectivity index (χ2v) is 7.16. The van der Waals surface area contributed by atoms with Crippen LogP contribution in [0.15, 0.2) is 34.0 Å². The third kappa shape index (κ3) is 4.91. The Hall–Kier alpha value is -2.21. The summed E-state index contributed by atoms with van der Waals surface area (Å²) in [5.41, 5.74) is 3.70. The molecule has 0 saturated carbocycles. The van der Waals surface area contributed by atoms with Gasteiger partial charge in [-0.1, -0.05) is 6.92 Å². The van der Waals surface area contributed by atoms with Gasteiger partial charge >= 0.3 is 0 Å². The first-order valence-electron chi connectivity index (χ1n) is 8.65. The number of hydrogen-bond donors (Lipinski definition) is 1. The second kappa shape index (κ2) is 9.48. The lowest BCUT2D eigenvalue weighted by molar-refractivity contribution is 0.353. The summed E-state index contributed by atoms with van der Waals surface area (Å²) in [5, 5.41) is 7.79. The number of guanidine groups is 1. The van der Waals surface area contributed by atoms with Gasteiger partial charge in [0, 0.05) is 27.2 Å². The van der Waals surface area contributed by atoms with Crippen molar-refractivity contribution in [3.05, 3.63) is 45.6 Å².